The summed E-state index contributed by atoms with van der Waals surface area (Å²) in [5, 5.41) is 5.39. The van der Waals surface area contributed by atoms with Crippen molar-refractivity contribution in [1.82, 2.24) is 0 Å². The van der Waals surface area contributed by atoms with Crippen molar-refractivity contribution in [1.29, 1.82) is 0 Å². The summed E-state index contributed by atoms with van der Waals surface area (Å²) in [5.41, 5.74) is 7.42. The van der Waals surface area contributed by atoms with E-state index in [2.05, 4.69) is 85.8 Å². The van der Waals surface area contributed by atoms with Crippen molar-refractivity contribution >= 4 is 27.1 Å². The first kappa shape index (κ1) is 21.3. The average molecular weight is 482 g/mol. The molecule has 28 heavy (non-hydrogen) atoms. The Balaban J connectivity index is 0.00000112. The van der Waals surface area contributed by atoms with E-state index in [4.69, 9.17) is 0 Å². The molecule has 0 saturated carbocycles. The fraction of sp³-hybridized carbons (Fsp3) is 0.120. The van der Waals surface area contributed by atoms with Crippen LogP contribution in [0.15, 0.2) is 84.4 Å². The second-order valence-electron chi connectivity index (χ2n) is 6.96. The summed E-state index contributed by atoms with van der Waals surface area (Å²) in [6.45, 7) is 2.31. The molecule has 3 heteroatoms. The van der Waals surface area contributed by atoms with E-state index >= 15 is 0 Å². The SMILES string of the molecule is CCC1=C(c2cccc3ccc4ccccc4c23)c2ccccc2[CH]1[Zr+2].[Cl-].[Cl-]. The van der Waals surface area contributed by atoms with Crippen molar-refractivity contribution < 1.29 is 49.5 Å². The van der Waals surface area contributed by atoms with E-state index in [-0.39, 0.29) is 24.8 Å². The fourth-order valence-corrected chi connectivity index (χ4v) is 5.92. The molecule has 137 valence electrons. The van der Waals surface area contributed by atoms with E-state index in [1.807, 2.05) is 0 Å². The Kier molecular flexibility index (Phi) is 6.50. The van der Waals surface area contributed by atoms with Crippen LogP contribution in [0.3, 0.4) is 0 Å². The molecule has 4 aromatic rings. The van der Waals surface area contributed by atoms with Crippen molar-refractivity contribution in [3.05, 3.63) is 101 Å². The molecule has 0 nitrogen and oxygen atoms in total. The predicted molar refractivity (Wildman–Crippen MR) is 107 cm³/mol. The smallest absolute Gasteiger partial charge is 1.00 e. The Hall–Kier alpha value is -1.40. The maximum Gasteiger partial charge on any atom is -1.00 e. The largest absolute Gasteiger partial charge is 1.00 e. The minimum Gasteiger partial charge on any atom is -1.00 e. The Labute approximate surface area is 193 Å². The Morgan fingerprint density at radius 2 is 1.36 bits per heavy atom. The third-order valence-corrected chi connectivity index (χ3v) is 7.25. The van der Waals surface area contributed by atoms with E-state index in [0.29, 0.717) is 3.63 Å². The number of fused-ring (bicyclic) bond motifs is 4. The maximum absolute atomic E-state index is 2.32. The Morgan fingerprint density at radius 3 is 2.18 bits per heavy atom. The topological polar surface area (TPSA) is 0 Å². The summed E-state index contributed by atoms with van der Waals surface area (Å²) in [6.07, 6.45) is 1.11. The van der Waals surface area contributed by atoms with Crippen LogP contribution in [-0.4, -0.2) is 0 Å². The number of halogens is 2. The van der Waals surface area contributed by atoms with E-state index in [1.165, 1.54) is 43.8 Å². The van der Waals surface area contributed by atoms with Crippen LogP contribution in [0.2, 0.25) is 0 Å². The van der Waals surface area contributed by atoms with Crippen molar-refractivity contribution in [2.45, 2.75) is 17.0 Å². The molecule has 0 radical (unpaired) electrons. The summed E-state index contributed by atoms with van der Waals surface area (Å²) < 4.78 is 0.587. The third-order valence-electron chi connectivity index (χ3n) is 5.63. The number of hydrogen-bond acceptors (Lipinski definition) is 0. The van der Waals surface area contributed by atoms with Crippen LogP contribution in [0.5, 0.6) is 0 Å². The van der Waals surface area contributed by atoms with E-state index in [9.17, 15) is 0 Å². The summed E-state index contributed by atoms with van der Waals surface area (Å²) in [4.78, 5) is 0. The number of hydrogen-bond donors (Lipinski definition) is 0. The van der Waals surface area contributed by atoms with Gasteiger partial charge in [0.05, 0.1) is 0 Å². The van der Waals surface area contributed by atoms with Gasteiger partial charge in [-0.2, -0.15) is 0 Å². The normalized spacial score (nSPS) is 15.3. The van der Waals surface area contributed by atoms with Crippen molar-refractivity contribution in [3.63, 3.8) is 0 Å². The summed E-state index contributed by atoms with van der Waals surface area (Å²) in [7, 11) is 0. The van der Waals surface area contributed by atoms with Gasteiger partial charge in [-0.1, -0.05) is 0 Å². The Bertz CT molecular complexity index is 1190. The molecule has 0 amide bonds. The van der Waals surface area contributed by atoms with Gasteiger partial charge in [-0.15, -0.1) is 0 Å². The van der Waals surface area contributed by atoms with Crippen molar-refractivity contribution in [2.24, 2.45) is 0 Å². The predicted octanol–water partition coefficient (Wildman–Crippen LogP) is 0.814. The first-order valence-electron chi connectivity index (χ1n) is 9.24. The molecule has 1 unspecified atom stereocenters. The molecule has 0 fully saturated rings. The second-order valence-corrected chi connectivity index (χ2v) is 8.38. The molecule has 0 heterocycles. The summed E-state index contributed by atoms with van der Waals surface area (Å²) >= 11 is 1.59. The molecular formula is C25H19Cl2Zr. The zero-order valence-electron chi connectivity index (χ0n) is 15.5. The van der Waals surface area contributed by atoms with Crippen molar-refractivity contribution in [3.8, 4) is 0 Å². The van der Waals surface area contributed by atoms with E-state index in [1.54, 1.807) is 30.3 Å². The van der Waals surface area contributed by atoms with Gasteiger partial charge in [-0.25, -0.2) is 0 Å². The van der Waals surface area contributed by atoms with Crippen LogP contribution >= 0.6 is 0 Å². The molecule has 1 aliphatic rings. The summed E-state index contributed by atoms with van der Waals surface area (Å²) in [5.74, 6) is 0. The first-order chi connectivity index (χ1) is 12.8. The minimum absolute atomic E-state index is 0. The van der Waals surface area contributed by atoms with Crippen LogP contribution in [-0.2, 0) is 24.7 Å². The molecule has 4 aromatic carbocycles. The number of allylic oxidation sites excluding steroid dienone is 1. The fourth-order valence-electron chi connectivity index (χ4n) is 4.45. The standard InChI is InChI=1S/C25H19.2ClH.Zr/c1-2-17-16-20-9-4-6-12-22(20)24(17)23-13-7-10-19-15-14-18-8-3-5-11-21(18)25(19)23;;;/h3-16H,2H2,1H3;2*1H;/q;;;+2/p-2. The van der Waals surface area contributed by atoms with Gasteiger partial charge in [0.2, 0.25) is 0 Å². The van der Waals surface area contributed by atoms with Crippen LogP contribution in [0, 0.1) is 0 Å². The summed E-state index contributed by atoms with van der Waals surface area (Å²) in [6, 6.07) is 29.1. The molecule has 5 rings (SSSR count). The molecular weight excluding hydrogens is 462 g/mol. The van der Waals surface area contributed by atoms with Crippen LogP contribution in [0.1, 0.15) is 33.7 Å². The van der Waals surface area contributed by atoms with Gasteiger partial charge in [0.25, 0.3) is 0 Å². The molecule has 1 aliphatic carbocycles. The van der Waals surface area contributed by atoms with Gasteiger partial charge >= 0.3 is 170 Å². The van der Waals surface area contributed by atoms with E-state index < -0.39 is 0 Å². The third kappa shape index (κ3) is 3.18. The maximum atomic E-state index is 2.32. The van der Waals surface area contributed by atoms with Crippen molar-refractivity contribution in [2.75, 3.05) is 0 Å². The number of rotatable bonds is 2. The molecule has 0 bridgehead atoms. The monoisotopic (exact) mass is 479 g/mol. The molecule has 0 aliphatic heterocycles. The van der Waals surface area contributed by atoms with Crippen LogP contribution in [0.4, 0.5) is 0 Å². The van der Waals surface area contributed by atoms with Gasteiger partial charge < -0.3 is 24.8 Å². The molecule has 0 aromatic heterocycles. The van der Waals surface area contributed by atoms with Crippen LogP contribution < -0.4 is 24.8 Å². The van der Waals surface area contributed by atoms with Gasteiger partial charge in [-0.3, -0.25) is 0 Å². The molecule has 0 N–H and O–H groups in total. The van der Waals surface area contributed by atoms with E-state index in [0.717, 1.165) is 6.42 Å². The van der Waals surface area contributed by atoms with Gasteiger partial charge in [0.1, 0.15) is 0 Å². The Morgan fingerprint density at radius 1 is 0.714 bits per heavy atom. The molecule has 1 atom stereocenters. The first-order valence-corrected chi connectivity index (χ1v) is 10.7. The molecule has 0 saturated heterocycles. The molecule has 0 spiro atoms. The quantitative estimate of drug-likeness (QED) is 0.372. The van der Waals surface area contributed by atoms with Gasteiger partial charge in [-0.05, 0) is 0 Å². The van der Waals surface area contributed by atoms with Gasteiger partial charge in [0.15, 0.2) is 0 Å². The zero-order chi connectivity index (χ0) is 17.7. The average Bonchev–Trinajstić information content (AvgIpc) is 2.99. The van der Waals surface area contributed by atoms with Gasteiger partial charge in [0, 0.05) is 0 Å². The number of benzene rings is 4. The van der Waals surface area contributed by atoms with Crippen LogP contribution in [0.25, 0.3) is 27.1 Å². The zero-order valence-corrected chi connectivity index (χ0v) is 19.5. The minimum atomic E-state index is 0. The second kappa shape index (κ2) is 8.54.